The van der Waals surface area contributed by atoms with Crippen LogP contribution in [0.4, 0.5) is 0 Å². The molecule has 0 saturated heterocycles. The predicted molar refractivity (Wildman–Crippen MR) is 116 cm³/mol. The predicted octanol–water partition coefficient (Wildman–Crippen LogP) is 0.578. The number of nitrogens with zero attached hydrogens (tertiary/aromatic N) is 1. The van der Waals surface area contributed by atoms with Crippen LogP contribution >= 0.6 is 12.4 Å². The Bertz CT molecular complexity index is 863. The Morgan fingerprint density at radius 2 is 1.45 bits per heavy atom. The van der Waals surface area contributed by atoms with Crippen LogP contribution in [0.1, 0.15) is 35.1 Å². The topological polar surface area (TPSA) is 109 Å². The highest BCUT2D eigenvalue weighted by molar-refractivity contribution is 6.62. The normalized spacial score (nSPS) is 13.7. The Morgan fingerprint density at radius 1 is 0.931 bits per heavy atom. The van der Waals surface area contributed by atoms with Crippen LogP contribution in [0.3, 0.4) is 0 Å². The molecule has 4 rings (SSSR count). The molecule has 0 aromatic heterocycles. The van der Waals surface area contributed by atoms with E-state index in [2.05, 4.69) is 6.07 Å². The number of aryl methyl sites for hydroxylation is 2. The van der Waals surface area contributed by atoms with Crippen molar-refractivity contribution in [1.82, 2.24) is 0 Å². The summed E-state index contributed by atoms with van der Waals surface area (Å²) in [5.74, 6) is 0. The summed E-state index contributed by atoms with van der Waals surface area (Å²) in [7, 11) is -1.54. The maximum Gasteiger partial charge on any atom is 0.492 e. The molecule has 2 aromatic rings. The maximum absolute atomic E-state index is 9.61. The van der Waals surface area contributed by atoms with Crippen LogP contribution in [-0.4, -0.2) is 30.8 Å². The van der Waals surface area contributed by atoms with E-state index >= 15 is 0 Å². The number of rotatable bonds is 5. The van der Waals surface area contributed by atoms with Gasteiger partial charge in [-0.25, -0.2) is 0 Å². The maximum atomic E-state index is 9.61. The molecule has 0 amide bonds. The van der Waals surface area contributed by atoms with Crippen molar-refractivity contribution < 1.29 is 19.4 Å². The van der Waals surface area contributed by atoms with E-state index in [1.54, 1.807) is 0 Å². The van der Waals surface area contributed by atoms with Crippen LogP contribution in [0.25, 0.3) is 0 Å². The number of nitrogens with two attached hydrogens (primary N) is 1. The van der Waals surface area contributed by atoms with E-state index < -0.39 is 14.2 Å². The van der Waals surface area contributed by atoms with E-state index in [1.807, 2.05) is 36.4 Å². The van der Waals surface area contributed by atoms with Crippen molar-refractivity contribution >= 4 is 37.6 Å². The van der Waals surface area contributed by atoms with E-state index in [0.29, 0.717) is 32.6 Å². The lowest BCUT2D eigenvalue weighted by Crippen LogP contribution is -2.31. The average molecular weight is 415 g/mol. The molecule has 152 valence electrons. The van der Waals surface area contributed by atoms with Crippen molar-refractivity contribution in [3.63, 3.8) is 0 Å². The largest absolute Gasteiger partial charge is 0.492 e. The first-order valence-corrected chi connectivity index (χ1v) is 9.53. The zero-order valence-corrected chi connectivity index (χ0v) is 17.0. The smallest absolute Gasteiger partial charge is 0.423 e. The standard InChI is InChI=1S/C10H14BNO2.C10H10BNO2.ClH/c2*12-6-2-5-8-3-1-4-9-7-14-11(13)10(8)9;/h1,3-4,13H,2,5-7,12H2;1,3-4,13H,2,5,7H2;1H. The number of benzene rings is 2. The molecule has 0 unspecified atom stereocenters. The molecular weight excluding hydrogens is 389 g/mol. The number of nitriles is 1. The number of halogens is 1. The highest BCUT2D eigenvalue weighted by Gasteiger charge is 2.30. The SMILES string of the molecule is Cl.N#CCCc1cccc2c1B(O)OC2.NCCCc1cccc2c1B(O)OC2. The van der Waals surface area contributed by atoms with Crippen molar-refractivity contribution in [1.29, 1.82) is 5.26 Å². The fraction of sp³-hybridized carbons (Fsp3) is 0.350. The quantitative estimate of drug-likeness (QED) is 0.618. The molecule has 29 heavy (non-hydrogen) atoms. The molecule has 0 fully saturated rings. The highest BCUT2D eigenvalue weighted by atomic mass is 35.5. The summed E-state index contributed by atoms with van der Waals surface area (Å²) in [6, 6.07) is 14.0. The second-order valence-electron chi connectivity index (χ2n) is 6.86. The Kier molecular flexibility index (Phi) is 9.18. The Hall–Kier alpha value is -1.85. The van der Waals surface area contributed by atoms with Crippen molar-refractivity contribution in [2.45, 2.75) is 38.9 Å². The molecule has 6 nitrogen and oxygen atoms in total. The molecule has 4 N–H and O–H groups in total. The monoisotopic (exact) mass is 414 g/mol. The second-order valence-corrected chi connectivity index (χ2v) is 6.86. The summed E-state index contributed by atoms with van der Waals surface area (Å²) in [5.41, 5.74) is 11.6. The van der Waals surface area contributed by atoms with Gasteiger partial charge in [-0.15, -0.1) is 12.4 Å². The van der Waals surface area contributed by atoms with Crippen molar-refractivity contribution in [3.8, 4) is 6.07 Å². The van der Waals surface area contributed by atoms with E-state index in [-0.39, 0.29) is 12.4 Å². The van der Waals surface area contributed by atoms with Crippen molar-refractivity contribution in [3.05, 3.63) is 58.7 Å². The Labute approximate surface area is 178 Å². The van der Waals surface area contributed by atoms with E-state index in [1.165, 1.54) is 0 Å². The van der Waals surface area contributed by atoms with Gasteiger partial charge in [-0.3, -0.25) is 0 Å². The molecular formula is C20H25B2ClN2O4. The van der Waals surface area contributed by atoms with Crippen molar-refractivity contribution in [2.75, 3.05) is 6.54 Å². The van der Waals surface area contributed by atoms with Crippen LogP contribution < -0.4 is 16.7 Å². The molecule has 0 radical (unpaired) electrons. The minimum absolute atomic E-state index is 0. The summed E-state index contributed by atoms with van der Waals surface area (Å²) in [4.78, 5) is 0. The fourth-order valence-corrected chi connectivity index (χ4v) is 3.64. The first-order chi connectivity index (χ1) is 13.7. The van der Waals surface area contributed by atoms with Gasteiger partial charge in [0.2, 0.25) is 0 Å². The molecule has 0 spiro atoms. The molecule has 2 heterocycles. The summed E-state index contributed by atoms with van der Waals surface area (Å²) >= 11 is 0. The summed E-state index contributed by atoms with van der Waals surface area (Å²) in [6.45, 7) is 1.67. The number of hydrogen-bond donors (Lipinski definition) is 3. The van der Waals surface area contributed by atoms with E-state index in [0.717, 1.165) is 46.0 Å². The first kappa shape index (κ1) is 23.4. The van der Waals surface area contributed by atoms with E-state index in [4.69, 9.17) is 20.3 Å². The second kappa shape index (κ2) is 11.4. The summed E-state index contributed by atoms with van der Waals surface area (Å²) in [5, 5.41) is 27.7. The minimum atomic E-state index is -0.806. The molecule has 0 bridgehead atoms. The van der Waals surface area contributed by atoms with Crippen molar-refractivity contribution in [2.24, 2.45) is 5.73 Å². The zero-order valence-electron chi connectivity index (χ0n) is 16.2. The fourth-order valence-electron chi connectivity index (χ4n) is 3.64. The lowest BCUT2D eigenvalue weighted by molar-refractivity contribution is 0.275. The minimum Gasteiger partial charge on any atom is -0.423 e. The van der Waals surface area contributed by atoms with Crippen LogP contribution in [-0.2, 0) is 35.4 Å². The summed E-state index contributed by atoms with van der Waals surface area (Å²) < 4.78 is 10.3. The third-order valence-electron chi connectivity index (χ3n) is 5.02. The number of hydrogen-bond acceptors (Lipinski definition) is 6. The number of fused-ring (bicyclic) bond motifs is 2. The molecule has 0 saturated carbocycles. The van der Waals surface area contributed by atoms with Crippen LogP contribution in [0.15, 0.2) is 36.4 Å². The van der Waals surface area contributed by atoms with Gasteiger partial charge in [-0.1, -0.05) is 36.4 Å². The third-order valence-corrected chi connectivity index (χ3v) is 5.02. The molecule has 2 aliphatic rings. The van der Waals surface area contributed by atoms with E-state index in [9.17, 15) is 10.0 Å². The van der Waals surface area contributed by atoms with Gasteiger partial charge in [0.1, 0.15) is 0 Å². The van der Waals surface area contributed by atoms with Crippen LogP contribution in [0.5, 0.6) is 0 Å². The molecule has 2 aliphatic heterocycles. The van der Waals surface area contributed by atoms with Gasteiger partial charge in [-0.2, -0.15) is 5.26 Å². The zero-order chi connectivity index (χ0) is 19.9. The highest BCUT2D eigenvalue weighted by Crippen LogP contribution is 2.14. The van der Waals surface area contributed by atoms with Gasteiger partial charge < -0.3 is 25.1 Å². The van der Waals surface area contributed by atoms with Gasteiger partial charge in [-0.05, 0) is 59.0 Å². The van der Waals surface area contributed by atoms with Crippen LogP contribution in [0.2, 0.25) is 0 Å². The van der Waals surface area contributed by atoms with Crippen LogP contribution in [0, 0.1) is 11.3 Å². The molecule has 0 aliphatic carbocycles. The Balaban J connectivity index is 0.000000200. The lowest BCUT2D eigenvalue weighted by atomic mass is 9.75. The lowest BCUT2D eigenvalue weighted by Gasteiger charge is -2.06. The first-order valence-electron chi connectivity index (χ1n) is 9.53. The molecule has 0 atom stereocenters. The average Bonchev–Trinajstić information content (AvgIpc) is 3.29. The Morgan fingerprint density at radius 3 is 1.93 bits per heavy atom. The van der Waals surface area contributed by atoms with Gasteiger partial charge in [0.25, 0.3) is 0 Å². The summed E-state index contributed by atoms with van der Waals surface area (Å²) in [6.07, 6.45) is 3.02. The molecule has 9 heteroatoms. The molecule has 2 aromatic carbocycles. The van der Waals surface area contributed by atoms with Gasteiger partial charge >= 0.3 is 14.2 Å². The van der Waals surface area contributed by atoms with Gasteiger partial charge in [0.15, 0.2) is 0 Å². The van der Waals surface area contributed by atoms with Gasteiger partial charge in [0.05, 0.1) is 19.3 Å². The van der Waals surface area contributed by atoms with Gasteiger partial charge in [0, 0.05) is 6.42 Å². The third kappa shape index (κ3) is 5.61.